The highest BCUT2D eigenvalue weighted by Crippen LogP contribution is 2.29. The van der Waals surface area contributed by atoms with Crippen LogP contribution in [-0.2, 0) is 0 Å². The number of amides is 1. The van der Waals surface area contributed by atoms with Gasteiger partial charge >= 0.3 is 0 Å². The Bertz CT molecular complexity index is 968. The molecular weight excluding hydrogens is 369 g/mol. The second-order valence-corrected chi connectivity index (χ2v) is 7.03. The van der Waals surface area contributed by atoms with Gasteiger partial charge in [0.2, 0.25) is 5.89 Å². The van der Waals surface area contributed by atoms with Crippen molar-refractivity contribution in [1.82, 2.24) is 15.2 Å². The summed E-state index contributed by atoms with van der Waals surface area (Å²) in [7, 11) is 0. The molecule has 6 heteroatoms. The molecule has 3 rings (SSSR count). The minimum atomic E-state index is -0.383. The molecule has 29 heavy (non-hydrogen) atoms. The van der Waals surface area contributed by atoms with Gasteiger partial charge in [0.15, 0.2) is 5.76 Å². The third-order valence-electron chi connectivity index (χ3n) is 4.87. The maximum atomic E-state index is 14.0. The lowest BCUT2D eigenvalue weighted by atomic mass is 10.1. The second kappa shape index (κ2) is 9.47. The maximum absolute atomic E-state index is 14.0. The summed E-state index contributed by atoms with van der Waals surface area (Å²) in [5.74, 6) is 0.0353. The van der Waals surface area contributed by atoms with Gasteiger partial charge in [0.25, 0.3) is 5.91 Å². The number of aromatic nitrogens is 1. The molecule has 152 valence electrons. The number of oxazole rings is 1. The Hall–Kier alpha value is -2.99. The highest BCUT2D eigenvalue weighted by molar-refractivity contribution is 6.00. The van der Waals surface area contributed by atoms with Crippen LogP contribution in [0, 0.1) is 5.82 Å². The standard InChI is InChI=1S/C23H26FN3O2/c1-4-27(16(2)3)14-13-25-22(28)17-9-5-6-10-18(17)23-26-15-21(29-23)19-11-7-8-12-20(19)24/h5-12,15-16H,4,13-14H2,1-3H3,(H,25,28). The van der Waals surface area contributed by atoms with E-state index >= 15 is 0 Å². The lowest BCUT2D eigenvalue weighted by Gasteiger charge is -2.24. The Morgan fingerprint density at radius 3 is 2.52 bits per heavy atom. The van der Waals surface area contributed by atoms with Gasteiger partial charge in [-0.1, -0.05) is 31.2 Å². The van der Waals surface area contributed by atoms with Gasteiger partial charge < -0.3 is 9.73 Å². The van der Waals surface area contributed by atoms with Crippen LogP contribution in [0.3, 0.4) is 0 Å². The molecule has 0 saturated heterocycles. The average Bonchev–Trinajstić information content (AvgIpc) is 3.21. The first-order chi connectivity index (χ1) is 14.0. The fourth-order valence-electron chi connectivity index (χ4n) is 3.24. The number of carbonyl (C=O) groups is 1. The summed E-state index contributed by atoms with van der Waals surface area (Å²) in [6, 6.07) is 13.9. The van der Waals surface area contributed by atoms with E-state index in [1.807, 2.05) is 6.07 Å². The van der Waals surface area contributed by atoms with Gasteiger partial charge in [0, 0.05) is 24.7 Å². The lowest BCUT2D eigenvalue weighted by Crippen LogP contribution is -2.38. The van der Waals surface area contributed by atoms with Crippen LogP contribution in [0.4, 0.5) is 4.39 Å². The molecule has 0 spiro atoms. The number of halogens is 1. The van der Waals surface area contributed by atoms with E-state index in [0.717, 1.165) is 13.1 Å². The van der Waals surface area contributed by atoms with Crippen LogP contribution in [0.25, 0.3) is 22.8 Å². The van der Waals surface area contributed by atoms with Crippen molar-refractivity contribution in [1.29, 1.82) is 0 Å². The van der Waals surface area contributed by atoms with Gasteiger partial charge in [-0.15, -0.1) is 0 Å². The minimum absolute atomic E-state index is 0.189. The highest BCUT2D eigenvalue weighted by Gasteiger charge is 2.18. The van der Waals surface area contributed by atoms with Gasteiger partial charge in [0.05, 0.1) is 17.3 Å². The molecular formula is C23H26FN3O2. The summed E-state index contributed by atoms with van der Waals surface area (Å²) in [6.07, 6.45) is 1.48. The van der Waals surface area contributed by atoms with E-state index < -0.39 is 0 Å². The summed E-state index contributed by atoms with van der Waals surface area (Å²) in [4.78, 5) is 19.3. The van der Waals surface area contributed by atoms with E-state index in [2.05, 4.69) is 36.0 Å². The molecule has 0 fully saturated rings. The summed E-state index contributed by atoms with van der Waals surface area (Å²) in [5.41, 5.74) is 1.38. The minimum Gasteiger partial charge on any atom is -0.436 e. The molecule has 5 nitrogen and oxygen atoms in total. The normalized spacial score (nSPS) is 11.2. The zero-order chi connectivity index (χ0) is 20.8. The molecule has 3 aromatic rings. The molecule has 0 radical (unpaired) electrons. The average molecular weight is 395 g/mol. The molecule has 2 aromatic carbocycles. The largest absolute Gasteiger partial charge is 0.436 e. The smallest absolute Gasteiger partial charge is 0.252 e. The van der Waals surface area contributed by atoms with E-state index in [0.29, 0.717) is 35.0 Å². The Morgan fingerprint density at radius 1 is 1.14 bits per heavy atom. The van der Waals surface area contributed by atoms with Crippen LogP contribution in [0.5, 0.6) is 0 Å². The first-order valence-electron chi connectivity index (χ1n) is 9.83. The number of hydrogen-bond donors (Lipinski definition) is 1. The summed E-state index contributed by atoms with van der Waals surface area (Å²) < 4.78 is 19.8. The van der Waals surface area contributed by atoms with Crippen molar-refractivity contribution in [2.45, 2.75) is 26.8 Å². The summed E-state index contributed by atoms with van der Waals surface area (Å²) in [6.45, 7) is 8.63. The van der Waals surface area contributed by atoms with Crippen molar-refractivity contribution in [2.24, 2.45) is 0 Å². The van der Waals surface area contributed by atoms with Gasteiger partial charge in [-0.05, 0) is 44.7 Å². The number of hydrogen-bond acceptors (Lipinski definition) is 4. The molecule has 0 aliphatic rings. The zero-order valence-corrected chi connectivity index (χ0v) is 17.0. The maximum Gasteiger partial charge on any atom is 0.252 e. The monoisotopic (exact) mass is 395 g/mol. The Balaban J connectivity index is 1.77. The predicted molar refractivity (Wildman–Crippen MR) is 112 cm³/mol. The topological polar surface area (TPSA) is 58.4 Å². The Morgan fingerprint density at radius 2 is 1.83 bits per heavy atom. The van der Waals surface area contributed by atoms with Crippen molar-refractivity contribution in [3.8, 4) is 22.8 Å². The molecule has 0 aliphatic carbocycles. The van der Waals surface area contributed by atoms with E-state index in [-0.39, 0.29) is 17.6 Å². The first-order valence-corrected chi connectivity index (χ1v) is 9.83. The van der Waals surface area contributed by atoms with E-state index in [1.165, 1.54) is 12.3 Å². The van der Waals surface area contributed by atoms with Crippen molar-refractivity contribution in [3.63, 3.8) is 0 Å². The molecule has 1 heterocycles. The predicted octanol–water partition coefficient (Wildman–Crippen LogP) is 4.61. The van der Waals surface area contributed by atoms with E-state index in [1.54, 1.807) is 36.4 Å². The Kier molecular flexibility index (Phi) is 6.77. The van der Waals surface area contributed by atoms with Gasteiger partial charge in [-0.25, -0.2) is 9.37 Å². The van der Waals surface area contributed by atoms with E-state index in [9.17, 15) is 9.18 Å². The van der Waals surface area contributed by atoms with Crippen molar-refractivity contribution in [3.05, 3.63) is 66.1 Å². The molecule has 0 atom stereocenters. The lowest BCUT2D eigenvalue weighted by molar-refractivity contribution is 0.0946. The first kappa shape index (κ1) is 20.7. The van der Waals surface area contributed by atoms with Crippen LogP contribution in [0.2, 0.25) is 0 Å². The fourth-order valence-corrected chi connectivity index (χ4v) is 3.24. The van der Waals surface area contributed by atoms with Crippen molar-refractivity contribution >= 4 is 5.91 Å². The molecule has 0 saturated carbocycles. The van der Waals surface area contributed by atoms with Crippen LogP contribution >= 0.6 is 0 Å². The number of nitrogens with zero attached hydrogens (tertiary/aromatic N) is 2. The van der Waals surface area contributed by atoms with Gasteiger partial charge in [-0.2, -0.15) is 0 Å². The molecule has 1 N–H and O–H groups in total. The molecule has 1 aromatic heterocycles. The SMILES string of the molecule is CCN(CCNC(=O)c1ccccc1-c1ncc(-c2ccccc2F)o1)C(C)C. The van der Waals surface area contributed by atoms with Crippen LogP contribution < -0.4 is 5.32 Å². The quantitative estimate of drug-likeness (QED) is 0.605. The van der Waals surface area contributed by atoms with Crippen LogP contribution in [0.1, 0.15) is 31.1 Å². The summed E-state index contributed by atoms with van der Waals surface area (Å²) >= 11 is 0. The number of rotatable bonds is 8. The van der Waals surface area contributed by atoms with Gasteiger partial charge in [-0.3, -0.25) is 9.69 Å². The molecule has 1 amide bonds. The second-order valence-electron chi connectivity index (χ2n) is 7.03. The molecule has 0 bridgehead atoms. The third-order valence-corrected chi connectivity index (χ3v) is 4.87. The third kappa shape index (κ3) is 4.90. The number of likely N-dealkylation sites (N-methyl/N-ethyl adjacent to an activating group) is 1. The summed E-state index contributed by atoms with van der Waals surface area (Å²) in [5, 5.41) is 2.97. The van der Waals surface area contributed by atoms with Crippen molar-refractivity contribution in [2.75, 3.05) is 19.6 Å². The zero-order valence-electron chi connectivity index (χ0n) is 17.0. The number of benzene rings is 2. The van der Waals surface area contributed by atoms with Crippen molar-refractivity contribution < 1.29 is 13.6 Å². The molecule has 0 aliphatic heterocycles. The van der Waals surface area contributed by atoms with Crippen LogP contribution in [0.15, 0.2) is 59.1 Å². The molecule has 0 unspecified atom stereocenters. The van der Waals surface area contributed by atoms with Gasteiger partial charge in [0.1, 0.15) is 5.82 Å². The van der Waals surface area contributed by atoms with Crippen LogP contribution in [-0.4, -0.2) is 41.5 Å². The number of nitrogens with one attached hydrogen (secondary N) is 1. The highest BCUT2D eigenvalue weighted by atomic mass is 19.1. The Labute approximate surface area is 170 Å². The number of carbonyl (C=O) groups excluding carboxylic acids is 1. The van der Waals surface area contributed by atoms with E-state index in [4.69, 9.17) is 4.42 Å². The fraction of sp³-hybridized carbons (Fsp3) is 0.304.